The summed E-state index contributed by atoms with van der Waals surface area (Å²) in [7, 11) is 0. The molecule has 1 aliphatic heterocycles. The van der Waals surface area contributed by atoms with Gasteiger partial charge in [0.05, 0.1) is 19.1 Å². The number of nitrogens with one attached hydrogen (secondary N) is 2. The number of rotatable bonds is 5. The van der Waals surface area contributed by atoms with Gasteiger partial charge in [0.1, 0.15) is 0 Å². The summed E-state index contributed by atoms with van der Waals surface area (Å²) < 4.78 is 6.79. The van der Waals surface area contributed by atoms with Crippen LogP contribution in [0, 0.1) is 13.8 Å². The van der Waals surface area contributed by atoms with Gasteiger partial charge in [0, 0.05) is 10.2 Å². The molecule has 4 nitrogen and oxygen atoms in total. The molecule has 1 fully saturated rings. The van der Waals surface area contributed by atoms with Crippen LogP contribution >= 0.6 is 15.9 Å². The number of carbonyl (C=O) groups excluding carboxylic acids is 1. The van der Waals surface area contributed by atoms with Gasteiger partial charge in [-0.1, -0.05) is 15.9 Å². The van der Waals surface area contributed by atoms with Crippen LogP contribution in [0.1, 0.15) is 30.4 Å². The summed E-state index contributed by atoms with van der Waals surface area (Å²) in [6.07, 6.45) is 2.77. The quantitative estimate of drug-likeness (QED) is 0.853. The van der Waals surface area contributed by atoms with E-state index in [0.29, 0.717) is 19.1 Å². The standard InChI is InChI=1S/C16H23BrN2O2/c1-11-9-13(17)10-12(2)16(11)19-15(20)5-8-21-14-3-6-18-7-4-14/h9-10,14,18H,3-8H2,1-2H3,(H,19,20). The predicted molar refractivity (Wildman–Crippen MR) is 88.7 cm³/mol. The molecule has 1 aromatic rings. The Morgan fingerprint density at radius 3 is 2.57 bits per heavy atom. The molecule has 1 saturated heterocycles. The van der Waals surface area contributed by atoms with Gasteiger partial charge in [-0.15, -0.1) is 0 Å². The van der Waals surface area contributed by atoms with Crippen molar-refractivity contribution < 1.29 is 9.53 Å². The van der Waals surface area contributed by atoms with Gasteiger partial charge in [0.2, 0.25) is 5.91 Å². The number of amides is 1. The Balaban J connectivity index is 1.79. The predicted octanol–water partition coefficient (Wildman–Crippen LogP) is 3.16. The molecular weight excluding hydrogens is 332 g/mol. The fraction of sp³-hybridized carbons (Fsp3) is 0.562. The number of aryl methyl sites for hydroxylation is 2. The maximum atomic E-state index is 12.0. The summed E-state index contributed by atoms with van der Waals surface area (Å²) >= 11 is 3.46. The molecule has 2 N–H and O–H groups in total. The fourth-order valence-electron chi connectivity index (χ4n) is 2.59. The first kappa shape index (κ1) is 16.5. The van der Waals surface area contributed by atoms with Gasteiger partial charge in [-0.25, -0.2) is 0 Å². The highest BCUT2D eigenvalue weighted by atomic mass is 79.9. The monoisotopic (exact) mass is 354 g/mol. The average molecular weight is 355 g/mol. The second-order valence-corrected chi connectivity index (χ2v) is 6.45. The molecule has 0 radical (unpaired) electrons. The maximum absolute atomic E-state index is 12.0. The Kier molecular flexibility index (Phi) is 6.21. The van der Waals surface area contributed by atoms with Gasteiger partial charge in [-0.3, -0.25) is 4.79 Å². The number of halogens is 1. The van der Waals surface area contributed by atoms with Crippen LogP contribution in [0.3, 0.4) is 0 Å². The van der Waals surface area contributed by atoms with Crippen LogP contribution in [0.5, 0.6) is 0 Å². The lowest BCUT2D eigenvalue weighted by Gasteiger charge is -2.22. The van der Waals surface area contributed by atoms with E-state index in [4.69, 9.17) is 4.74 Å². The first-order valence-corrected chi connectivity index (χ1v) is 8.24. The van der Waals surface area contributed by atoms with Crippen molar-refractivity contribution in [3.05, 3.63) is 27.7 Å². The molecule has 0 bridgehead atoms. The van der Waals surface area contributed by atoms with Crippen LogP contribution in [0.15, 0.2) is 16.6 Å². The van der Waals surface area contributed by atoms with Crippen LogP contribution in [0.4, 0.5) is 5.69 Å². The van der Waals surface area contributed by atoms with Gasteiger partial charge in [0.25, 0.3) is 0 Å². The SMILES string of the molecule is Cc1cc(Br)cc(C)c1NC(=O)CCOC1CCNCC1. The smallest absolute Gasteiger partial charge is 0.226 e. The van der Waals surface area contributed by atoms with E-state index >= 15 is 0 Å². The van der Waals surface area contributed by atoms with E-state index in [1.807, 2.05) is 26.0 Å². The van der Waals surface area contributed by atoms with Crippen LogP contribution in [-0.2, 0) is 9.53 Å². The van der Waals surface area contributed by atoms with Gasteiger partial charge in [-0.05, 0) is 63.0 Å². The summed E-state index contributed by atoms with van der Waals surface area (Å²) in [5.41, 5.74) is 3.04. The Bertz CT molecular complexity index is 476. The molecule has 0 saturated carbocycles. The van der Waals surface area contributed by atoms with E-state index in [-0.39, 0.29) is 5.91 Å². The molecule has 1 aliphatic rings. The summed E-state index contributed by atoms with van der Waals surface area (Å²) in [5, 5.41) is 6.29. The van der Waals surface area contributed by atoms with Crippen molar-refractivity contribution in [2.45, 2.75) is 39.2 Å². The van der Waals surface area contributed by atoms with Crippen molar-refractivity contribution in [2.75, 3.05) is 25.0 Å². The first-order valence-electron chi connectivity index (χ1n) is 7.45. The third-order valence-electron chi connectivity index (χ3n) is 3.73. The van der Waals surface area contributed by atoms with Crippen molar-refractivity contribution in [1.82, 2.24) is 5.32 Å². The molecule has 0 unspecified atom stereocenters. The zero-order valence-corrected chi connectivity index (χ0v) is 14.3. The molecule has 1 heterocycles. The summed E-state index contributed by atoms with van der Waals surface area (Å²) in [6.45, 7) is 6.51. The number of hydrogen-bond acceptors (Lipinski definition) is 3. The van der Waals surface area contributed by atoms with Crippen molar-refractivity contribution in [1.29, 1.82) is 0 Å². The number of ether oxygens (including phenoxy) is 1. The van der Waals surface area contributed by atoms with Crippen molar-refractivity contribution >= 4 is 27.5 Å². The molecular formula is C16H23BrN2O2. The fourth-order valence-corrected chi connectivity index (χ4v) is 3.28. The number of benzene rings is 1. The zero-order valence-electron chi connectivity index (χ0n) is 12.7. The van der Waals surface area contributed by atoms with E-state index in [9.17, 15) is 4.79 Å². The minimum absolute atomic E-state index is 0.0115. The number of carbonyl (C=O) groups is 1. The molecule has 0 aromatic heterocycles. The Labute approximate surface area is 134 Å². The number of piperidine rings is 1. The van der Waals surface area contributed by atoms with Gasteiger partial charge < -0.3 is 15.4 Å². The highest BCUT2D eigenvalue weighted by molar-refractivity contribution is 9.10. The Hall–Kier alpha value is -0.910. The van der Waals surface area contributed by atoms with Gasteiger partial charge in [-0.2, -0.15) is 0 Å². The zero-order chi connectivity index (χ0) is 15.2. The minimum atomic E-state index is 0.0115. The molecule has 0 atom stereocenters. The Morgan fingerprint density at radius 2 is 1.95 bits per heavy atom. The molecule has 2 rings (SSSR count). The van der Waals surface area contributed by atoms with Crippen LogP contribution in [0.2, 0.25) is 0 Å². The number of anilines is 1. The summed E-state index contributed by atoms with van der Waals surface area (Å²) in [6, 6.07) is 4.02. The second kappa shape index (κ2) is 7.92. The molecule has 1 aromatic carbocycles. The van der Waals surface area contributed by atoms with E-state index in [1.54, 1.807) is 0 Å². The largest absolute Gasteiger partial charge is 0.378 e. The lowest BCUT2D eigenvalue weighted by atomic mass is 10.1. The van der Waals surface area contributed by atoms with Crippen molar-refractivity contribution in [2.24, 2.45) is 0 Å². The van der Waals surface area contributed by atoms with Crippen LogP contribution < -0.4 is 10.6 Å². The summed E-state index contributed by atoms with van der Waals surface area (Å²) in [4.78, 5) is 12.0. The first-order chi connectivity index (χ1) is 10.1. The molecule has 21 heavy (non-hydrogen) atoms. The third kappa shape index (κ3) is 5.09. The number of hydrogen-bond donors (Lipinski definition) is 2. The van der Waals surface area contributed by atoms with E-state index in [2.05, 4.69) is 26.6 Å². The molecule has 0 aliphatic carbocycles. The lowest BCUT2D eigenvalue weighted by Crippen LogP contribution is -2.33. The van der Waals surface area contributed by atoms with E-state index < -0.39 is 0 Å². The van der Waals surface area contributed by atoms with Gasteiger partial charge >= 0.3 is 0 Å². The average Bonchev–Trinajstić information content (AvgIpc) is 2.44. The third-order valence-corrected chi connectivity index (χ3v) is 4.19. The van der Waals surface area contributed by atoms with Gasteiger partial charge in [0.15, 0.2) is 0 Å². The summed E-state index contributed by atoms with van der Waals surface area (Å²) in [5.74, 6) is 0.0115. The molecule has 116 valence electrons. The topological polar surface area (TPSA) is 50.4 Å². The Morgan fingerprint density at radius 1 is 1.33 bits per heavy atom. The van der Waals surface area contributed by atoms with Crippen molar-refractivity contribution in [3.63, 3.8) is 0 Å². The molecule has 5 heteroatoms. The van der Waals surface area contributed by atoms with Crippen molar-refractivity contribution in [3.8, 4) is 0 Å². The molecule has 0 spiro atoms. The highest BCUT2D eigenvalue weighted by Gasteiger charge is 2.14. The normalized spacial score (nSPS) is 16.0. The minimum Gasteiger partial charge on any atom is -0.378 e. The lowest BCUT2D eigenvalue weighted by molar-refractivity contribution is -0.117. The second-order valence-electron chi connectivity index (χ2n) is 5.53. The van der Waals surface area contributed by atoms with Crippen LogP contribution in [0.25, 0.3) is 0 Å². The molecule has 1 amide bonds. The maximum Gasteiger partial charge on any atom is 0.226 e. The van der Waals surface area contributed by atoms with Crippen LogP contribution in [-0.4, -0.2) is 31.7 Å². The van der Waals surface area contributed by atoms with E-state index in [0.717, 1.165) is 47.2 Å². The van der Waals surface area contributed by atoms with E-state index in [1.165, 1.54) is 0 Å². The highest BCUT2D eigenvalue weighted by Crippen LogP contribution is 2.25.